The van der Waals surface area contributed by atoms with E-state index < -0.39 is 0 Å². The van der Waals surface area contributed by atoms with Crippen molar-refractivity contribution in [2.24, 2.45) is 5.92 Å². The molecule has 0 bridgehead atoms. The van der Waals surface area contributed by atoms with Crippen LogP contribution in [0, 0.1) is 5.92 Å². The number of anilines is 2. The number of amides is 1. The second-order valence-electron chi connectivity index (χ2n) is 7.79. The molecule has 2 aromatic carbocycles. The van der Waals surface area contributed by atoms with Gasteiger partial charge in [-0.3, -0.25) is 4.79 Å². The van der Waals surface area contributed by atoms with Gasteiger partial charge in [-0.1, -0.05) is 18.2 Å². The van der Waals surface area contributed by atoms with Crippen molar-refractivity contribution < 1.29 is 9.53 Å². The van der Waals surface area contributed by atoms with Crippen LogP contribution in [-0.2, 0) is 4.79 Å². The van der Waals surface area contributed by atoms with Crippen molar-refractivity contribution in [1.29, 1.82) is 0 Å². The quantitative estimate of drug-likeness (QED) is 0.487. The average Bonchev–Trinajstić information content (AvgIpc) is 3.41. The third-order valence-electron chi connectivity index (χ3n) is 5.51. The average molecular weight is 441 g/mol. The van der Waals surface area contributed by atoms with Gasteiger partial charge in [0, 0.05) is 24.8 Å². The molecule has 0 spiro atoms. The van der Waals surface area contributed by atoms with E-state index in [2.05, 4.69) is 30.3 Å². The lowest BCUT2D eigenvalue weighted by Gasteiger charge is -2.32. The molecule has 33 heavy (non-hydrogen) atoms. The molecule has 0 aliphatic carbocycles. The van der Waals surface area contributed by atoms with E-state index in [9.17, 15) is 4.79 Å². The highest BCUT2D eigenvalue weighted by Crippen LogP contribution is 2.25. The number of piperidine rings is 1. The van der Waals surface area contributed by atoms with Crippen molar-refractivity contribution in [3.05, 3.63) is 79.6 Å². The van der Waals surface area contributed by atoms with E-state index in [0.717, 1.165) is 42.4 Å². The molecule has 1 aliphatic heterocycles. The summed E-state index contributed by atoms with van der Waals surface area (Å²) in [6.07, 6.45) is 6.30. The number of hydrogen-bond acceptors (Lipinski definition) is 7. The van der Waals surface area contributed by atoms with Gasteiger partial charge < -0.3 is 15.0 Å². The number of nitrogens with zero attached hydrogens (tertiary/aromatic N) is 6. The molecule has 1 fully saturated rings. The van der Waals surface area contributed by atoms with E-state index in [-0.39, 0.29) is 11.8 Å². The molecular formula is C24H23N7O2. The number of para-hydroxylation sites is 1. The van der Waals surface area contributed by atoms with E-state index in [4.69, 9.17) is 4.74 Å². The fraction of sp³-hybridized carbons (Fsp3) is 0.208. The van der Waals surface area contributed by atoms with Crippen molar-refractivity contribution >= 4 is 17.4 Å². The number of rotatable bonds is 6. The van der Waals surface area contributed by atoms with Gasteiger partial charge in [0.05, 0.1) is 5.92 Å². The van der Waals surface area contributed by atoms with E-state index >= 15 is 0 Å². The summed E-state index contributed by atoms with van der Waals surface area (Å²) in [5.74, 6) is 2.77. The molecule has 9 heteroatoms. The maximum atomic E-state index is 12.9. The molecule has 1 N–H and O–H groups in total. The summed E-state index contributed by atoms with van der Waals surface area (Å²) in [7, 11) is 0. The molecule has 1 amide bonds. The Hall–Kier alpha value is -4.27. The van der Waals surface area contributed by atoms with Crippen LogP contribution >= 0.6 is 0 Å². The Balaban J connectivity index is 1.21. The van der Waals surface area contributed by atoms with Crippen LogP contribution in [-0.4, -0.2) is 43.7 Å². The largest absolute Gasteiger partial charge is 0.457 e. The van der Waals surface area contributed by atoms with Gasteiger partial charge in [-0.05, 0) is 49.2 Å². The first-order valence-electron chi connectivity index (χ1n) is 10.8. The lowest BCUT2D eigenvalue weighted by molar-refractivity contribution is -0.120. The molecule has 166 valence electrons. The second kappa shape index (κ2) is 9.47. The molecule has 9 nitrogen and oxygen atoms in total. The van der Waals surface area contributed by atoms with Crippen molar-refractivity contribution in [3.63, 3.8) is 0 Å². The number of nitrogens with one attached hydrogen (secondary N) is 1. The highest BCUT2D eigenvalue weighted by molar-refractivity contribution is 5.93. The first-order chi connectivity index (χ1) is 16.2. The normalized spacial score (nSPS) is 15.8. The predicted octanol–water partition coefficient (Wildman–Crippen LogP) is 3.70. The zero-order chi connectivity index (χ0) is 22.5. The maximum absolute atomic E-state index is 12.9. The van der Waals surface area contributed by atoms with E-state index in [0.29, 0.717) is 12.4 Å². The Morgan fingerprint density at radius 1 is 0.970 bits per heavy atom. The number of hydrogen-bond donors (Lipinski definition) is 1. The number of aromatic nitrogens is 5. The summed E-state index contributed by atoms with van der Waals surface area (Å²) in [6, 6.07) is 18.9. The molecule has 0 saturated carbocycles. The summed E-state index contributed by atoms with van der Waals surface area (Å²) in [5.41, 5.74) is 0.744. The van der Waals surface area contributed by atoms with Crippen molar-refractivity contribution in [3.8, 4) is 17.3 Å². The molecular weight excluding hydrogens is 418 g/mol. The van der Waals surface area contributed by atoms with Gasteiger partial charge in [-0.25, -0.2) is 19.6 Å². The van der Waals surface area contributed by atoms with Gasteiger partial charge in [0.2, 0.25) is 5.91 Å². The van der Waals surface area contributed by atoms with Gasteiger partial charge in [0.1, 0.15) is 36.3 Å². The van der Waals surface area contributed by atoms with E-state index in [1.807, 2.05) is 60.7 Å². The third kappa shape index (κ3) is 4.98. The Kier molecular flexibility index (Phi) is 5.92. The maximum Gasteiger partial charge on any atom is 0.229 e. The summed E-state index contributed by atoms with van der Waals surface area (Å²) in [4.78, 5) is 27.7. The third-order valence-corrected chi connectivity index (χ3v) is 5.51. The van der Waals surface area contributed by atoms with Gasteiger partial charge in [0.25, 0.3) is 0 Å². The molecule has 5 rings (SSSR count). The Bertz CT molecular complexity index is 1200. The minimum atomic E-state index is -0.135. The van der Waals surface area contributed by atoms with Crippen molar-refractivity contribution in [1.82, 2.24) is 24.7 Å². The van der Waals surface area contributed by atoms with Crippen LogP contribution in [0.1, 0.15) is 12.8 Å². The SMILES string of the molecule is O=C(Nc1ccc(Oc2ccccc2)cc1)C1CCCN(c2cc(-n3cncn3)ncn2)C1. The minimum Gasteiger partial charge on any atom is -0.457 e. The zero-order valence-electron chi connectivity index (χ0n) is 17.9. The summed E-state index contributed by atoms with van der Waals surface area (Å²) < 4.78 is 7.40. The van der Waals surface area contributed by atoms with Crippen LogP contribution in [0.15, 0.2) is 79.6 Å². The Morgan fingerprint density at radius 2 is 1.76 bits per heavy atom. The van der Waals surface area contributed by atoms with Gasteiger partial charge in [0.15, 0.2) is 5.82 Å². The first kappa shape index (κ1) is 20.6. The van der Waals surface area contributed by atoms with Crippen molar-refractivity contribution in [2.75, 3.05) is 23.3 Å². The van der Waals surface area contributed by atoms with E-state index in [1.54, 1.807) is 11.0 Å². The second-order valence-corrected chi connectivity index (χ2v) is 7.79. The number of carbonyl (C=O) groups is 1. The molecule has 1 unspecified atom stereocenters. The fourth-order valence-electron chi connectivity index (χ4n) is 3.84. The lowest BCUT2D eigenvalue weighted by atomic mass is 9.97. The first-order valence-corrected chi connectivity index (χ1v) is 10.8. The molecule has 1 atom stereocenters. The van der Waals surface area contributed by atoms with Crippen LogP contribution in [0.3, 0.4) is 0 Å². The molecule has 1 aliphatic rings. The highest BCUT2D eigenvalue weighted by Gasteiger charge is 2.27. The highest BCUT2D eigenvalue weighted by atomic mass is 16.5. The standard InChI is InChI=1S/C24H23N7O2/c32-24(29-19-8-10-21(11-9-19)33-20-6-2-1-3-7-20)18-5-4-12-30(14-18)22-13-23(27-16-26-22)31-17-25-15-28-31/h1-3,6-11,13,15-18H,4-5,12,14H2,(H,29,32). The molecule has 3 heterocycles. The molecule has 0 radical (unpaired) electrons. The van der Waals surface area contributed by atoms with Crippen molar-refractivity contribution in [2.45, 2.75) is 12.8 Å². The summed E-state index contributed by atoms with van der Waals surface area (Å²) >= 11 is 0. The molecule has 1 saturated heterocycles. The topological polar surface area (TPSA) is 98.1 Å². The van der Waals surface area contributed by atoms with Crippen LogP contribution in [0.2, 0.25) is 0 Å². The lowest BCUT2D eigenvalue weighted by Crippen LogP contribution is -2.41. The summed E-state index contributed by atoms with van der Waals surface area (Å²) in [6.45, 7) is 1.43. The fourth-order valence-corrected chi connectivity index (χ4v) is 3.84. The van der Waals surface area contributed by atoms with Gasteiger partial charge >= 0.3 is 0 Å². The van der Waals surface area contributed by atoms with Gasteiger partial charge in [-0.15, -0.1) is 0 Å². The Morgan fingerprint density at radius 3 is 2.55 bits per heavy atom. The van der Waals surface area contributed by atoms with Crippen LogP contribution < -0.4 is 15.0 Å². The minimum absolute atomic E-state index is 0.00184. The predicted molar refractivity (Wildman–Crippen MR) is 123 cm³/mol. The Labute approximate surface area is 191 Å². The number of benzene rings is 2. The number of carbonyl (C=O) groups excluding carboxylic acids is 1. The zero-order valence-corrected chi connectivity index (χ0v) is 17.9. The monoisotopic (exact) mass is 441 g/mol. The van der Waals surface area contributed by atoms with Gasteiger partial charge in [-0.2, -0.15) is 5.10 Å². The van der Waals surface area contributed by atoms with Crippen LogP contribution in [0.25, 0.3) is 5.82 Å². The van der Waals surface area contributed by atoms with Crippen LogP contribution in [0.5, 0.6) is 11.5 Å². The van der Waals surface area contributed by atoms with E-state index in [1.165, 1.54) is 12.7 Å². The van der Waals surface area contributed by atoms with Crippen LogP contribution in [0.4, 0.5) is 11.5 Å². The molecule has 4 aromatic rings. The summed E-state index contributed by atoms with van der Waals surface area (Å²) in [5, 5.41) is 7.15. The molecule has 2 aromatic heterocycles. The smallest absolute Gasteiger partial charge is 0.229 e. The number of ether oxygens (including phenoxy) is 1.